The van der Waals surface area contributed by atoms with E-state index in [9.17, 15) is 0 Å². The lowest BCUT2D eigenvalue weighted by atomic mass is 10.1. The quantitative estimate of drug-likeness (QED) is 0.762. The molecule has 0 bridgehead atoms. The standard InChI is InChI=1S/C11H8BrNS/c1-2-7-6-14-11-8(7)3-4-10(12)9(11)5-13/h3-4,6H,2H2,1H3. The smallest absolute Gasteiger partial charge is 0.102 e. The zero-order valence-corrected chi connectivity index (χ0v) is 10.1. The highest BCUT2D eigenvalue weighted by molar-refractivity contribution is 9.10. The van der Waals surface area contributed by atoms with Crippen LogP contribution < -0.4 is 0 Å². The highest BCUT2D eigenvalue weighted by atomic mass is 79.9. The van der Waals surface area contributed by atoms with Crippen LogP contribution in [-0.2, 0) is 6.42 Å². The maximum absolute atomic E-state index is 9.03. The van der Waals surface area contributed by atoms with Crippen molar-refractivity contribution in [3.05, 3.63) is 33.1 Å². The Morgan fingerprint density at radius 2 is 2.29 bits per heavy atom. The van der Waals surface area contributed by atoms with Gasteiger partial charge in [-0.05, 0) is 44.7 Å². The van der Waals surface area contributed by atoms with E-state index in [1.807, 2.05) is 6.07 Å². The molecule has 14 heavy (non-hydrogen) atoms. The monoisotopic (exact) mass is 265 g/mol. The van der Waals surface area contributed by atoms with E-state index >= 15 is 0 Å². The number of hydrogen-bond acceptors (Lipinski definition) is 2. The number of nitriles is 1. The highest BCUT2D eigenvalue weighted by Crippen LogP contribution is 2.33. The van der Waals surface area contributed by atoms with Gasteiger partial charge in [0.25, 0.3) is 0 Å². The average molecular weight is 266 g/mol. The van der Waals surface area contributed by atoms with Crippen LogP contribution in [0.4, 0.5) is 0 Å². The van der Waals surface area contributed by atoms with Gasteiger partial charge in [-0.3, -0.25) is 0 Å². The first kappa shape index (κ1) is 9.70. The van der Waals surface area contributed by atoms with E-state index in [1.54, 1.807) is 11.3 Å². The zero-order chi connectivity index (χ0) is 10.1. The third-order valence-electron chi connectivity index (χ3n) is 2.26. The van der Waals surface area contributed by atoms with Crippen molar-refractivity contribution in [2.45, 2.75) is 13.3 Å². The van der Waals surface area contributed by atoms with Crippen molar-refractivity contribution in [3.63, 3.8) is 0 Å². The summed E-state index contributed by atoms with van der Waals surface area (Å²) >= 11 is 5.04. The molecule has 3 heteroatoms. The van der Waals surface area contributed by atoms with Crippen molar-refractivity contribution in [2.24, 2.45) is 0 Å². The van der Waals surface area contributed by atoms with Crippen molar-refractivity contribution in [1.29, 1.82) is 5.26 Å². The third kappa shape index (κ3) is 1.35. The topological polar surface area (TPSA) is 23.8 Å². The molecule has 2 rings (SSSR count). The van der Waals surface area contributed by atoms with Crippen LogP contribution in [0.15, 0.2) is 22.0 Å². The Balaban J connectivity index is 2.85. The van der Waals surface area contributed by atoms with Crippen LogP contribution in [0.1, 0.15) is 18.1 Å². The van der Waals surface area contributed by atoms with E-state index in [2.05, 4.69) is 40.4 Å². The maximum Gasteiger partial charge on any atom is 0.102 e. The summed E-state index contributed by atoms with van der Waals surface area (Å²) in [5, 5.41) is 12.4. The van der Waals surface area contributed by atoms with Gasteiger partial charge in [-0.2, -0.15) is 5.26 Å². The molecular weight excluding hydrogens is 258 g/mol. The number of fused-ring (bicyclic) bond motifs is 1. The normalized spacial score (nSPS) is 10.4. The van der Waals surface area contributed by atoms with Crippen LogP contribution in [0.25, 0.3) is 10.1 Å². The predicted molar refractivity (Wildman–Crippen MR) is 63.6 cm³/mol. The molecule has 1 aromatic carbocycles. The van der Waals surface area contributed by atoms with Crippen molar-refractivity contribution in [1.82, 2.24) is 0 Å². The third-order valence-corrected chi connectivity index (χ3v) is 3.99. The van der Waals surface area contributed by atoms with Gasteiger partial charge in [0.05, 0.1) is 10.3 Å². The molecular formula is C11H8BrNS. The summed E-state index contributed by atoms with van der Waals surface area (Å²) in [4.78, 5) is 0. The minimum absolute atomic E-state index is 0.757. The molecule has 1 heterocycles. The Labute approximate surface area is 95.1 Å². The summed E-state index contributed by atoms with van der Waals surface area (Å²) in [5.74, 6) is 0. The van der Waals surface area contributed by atoms with Crippen LogP contribution in [0.3, 0.4) is 0 Å². The van der Waals surface area contributed by atoms with Gasteiger partial charge in [-0.1, -0.05) is 13.0 Å². The molecule has 2 aromatic rings. The Morgan fingerprint density at radius 1 is 1.50 bits per heavy atom. The molecule has 0 amide bonds. The summed E-state index contributed by atoms with van der Waals surface area (Å²) < 4.78 is 1.98. The molecule has 0 N–H and O–H groups in total. The van der Waals surface area contributed by atoms with Gasteiger partial charge in [0.1, 0.15) is 6.07 Å². The van der Waals surface area contributed by atoms with Crippen LogP contribution >= 0.6 is 27.3 Å². The van der Waals surface area contributed by atoms with Crippen LogP contribution in [0, 0.1) is 11.3 Å². The molecule has 1 nitrogen and oxygen atoms in total. The van der Waals surface area contributed by atoms with Gasteiger partial charge >= 0.3 is 0 Å². The van der Waals surface area contributed by atoms with Gasteiger partial charge in [0, 0.05) is 4.47 Å². The second kappa shape index (κ2) is 3.72. The van der Waals surface area contributed by atoms with Crippen LogP contribution in [0.5, 0.6) is 0 Å². The minimum Gasteiger partial charge on any atom is -0.192 e. The van der Waals surface area contributed by atoms with Gasteiger partial charge in [-0.25, -0.2) is 0 Å². The Bertz CT molecular complexity index is 522. The van der Waals surface area contributed by atoms with Crippen molar-refractivity contribution < 1.29 is 0 Å². The van der Waals surface area contributed by atoms with Crippen LogP contribution in [0.2, 0.25) is 0 Å². The Kier molecular flexibility index (Phi) is 2.58. The fourth-order valence-corrected chi connectivity index (χ4v) is 3.21. The minimum atomic E-state index is 0.757. The van der Waals surface area contributed by atoms with Crippen molar-refractivity contribution >= 4 is 37.4 Å². The number of nitrogens with zero attached hydrogens (tertiary/aromatic N) is 1. The second-order valence-electron chi connectivity index (χ2n) is 3.03. The fourth-order valence-electron chi connectivity index (χ4n) is 1.51. The lowest BCUT2D eigenvalue weighted by Gasteiger charge is -1.98. The maximum atomic E-state index is 9.03. The molecule has 0 unspecified atom stereocenters. The SMILES string of the molecule is CCc1csc2c(C#N)c(Br)ccc12. The fraction of sp³-hybridized carbons (Fsp3) is 0.182. The number of halogens is 1. The van der Waals surface area contributed by atoms with E-state index in [0.29, 0.717) is 0 Å². The van der Waals surface area contributed by atoms with Crippen molar-refractivity contribution in [3.8, 4) is 6.07 Å². The van der Waals surface area contributed by atoms with Crippen LogP contribution in [-0.4, -0.2) is 0 Å². The average Bonchev–Trinajstić information content (AvgIpc) is 2.60. The molecule has 0 aliphatic rings. The summed E-state index contributed by atoms with van der Waals surface area (Å²) in [6.07, 6.45) is 1.02. The first-order chi connectivity index (χ1) is 6.77. The highest BCUT2D eigenvalue weighted by Gasteiger charge is 2.09. The first-order valence-electron chi connectivity index (χ1n) is 4.36. The van der Waals surface area contributed by atoms with E-state index in [-0.39, 0.29) is 0 Å². The summed E-state index contributed by atoms with van der Waals surface area (Å²) in [7, 11) is 0. The first-order valence-corrected chi connectivity index (χ1v) is 6.04. The largest absolute Gasteiger partial charge is 0.192 e. The summed E-state index contributed by atoms with van der Waals surface area (Å²) in [5.41, 5.74) is 2.08. The van der Waals surface area contributed by atoms with E-state index in [0.717, 1.165) is 21.2 Å². The number of aryl methyl sites for hydroxylation is 1. The molecule has 0 radical (unpaired) electrons. The molecule has 0 spiro atoms. The lowest BCUT2D eigenvalue weighted by molar-refractivity contribution is 1.17. The van der Waals surface area contributed by atoms with E-state index in [4.69, 9.17) is 5.26 Å². The van der Waals surface area contributed by atoms with Gasteiger partial charge in [-0.15, -0.1) is 11.3 Å². The molecule has 0 aliphatic heterocycles. The molecule has 0 fully saturated rings. The lowest BCUT2D eigenvalue weighted by Crippen LogP contribution is -1.80. The van der Waals surface area contributed by atoms with E-state index in [1.165, 1.54) is 10.9 Å². The number of thiophene rings is 1. The predicted octanol–water partition coefficient (Wildman–Crippen LogP) is 4.10. The second-order valence-corrected chi connectivity index (χ2v) is 4.76. The molecule has 0 aliphatic carbocycles. The zero-order valence-electron chi connectivity index (χ0n) is 7.67. The number of rotatable bonds is 1. The molecule has 0 saturated carbocycles. The van der Waals surface area contributed by atoms with Gasteiger partial charge < -0.3 is 0 Å². The molecule has 1 aromatic heterocycles. The van der Waals surface area contributed by atoms with Crippen molar-refractivity contribution in [2.75, 3.05) is 0 Å². The number of hydrogen-bond donors (Lipinski definition) is 0. The number of benzene rings is 1. The molecule has 70 valence electrons. The summed E-state index contributed by atoms with van der Waals surface area (Å²) in [6.45, 7) is 2.13. The summed E-state index contributed by atoms with van der Waals surface area (Å²) in [6, 6.07) is 6.27. The van der Waals surface area contributed by atoms with Gasteiger partial charge in [0.2, 0.25) is 0 Å². The Hall–Kier alpha value is -0.850. The Morgan fingerprint density at radius 3 is 2.93 bits per heavy atom. The molecule has 0 saturated heterocycles. The molecule has 0 atom stereocenters. The van der Waals surface area contributed by atoms with E-state index < -0.39 is 0 Å². The van der Waals surface area contributed by atoms with Gasteiger partial charge in [0.15, 0.2) is 0 Å².